The van der Waals surface area contributed by atoms with Crippen LogP contribution in [0.4, 0.5) is 0 Å². The lowest BCUT2D eigenvalue weighted by atomic mass is 9.97. The highest BCUT2D eigenvalue weighted by molar-refractivity contribution is 5.99. The number of ether oxygens (including phenoxy) is 2. The summed E-state index contributed by atoms with van der Waals surface area (Å²) in [6.45, 7) is 8.46. The second kappa shape index (κ2) is 12.1. The maximum absolute atomic E-state index is 13.2. The van der Waals surface area contributed by atoms with Gasteiger partial charge in [-0.2, -0.15) is 0 Å². The second-order valence-corrected chi connectivity index (χ2v) is 11.5. The molecule has 0 unspecified atom stereocenters. The van der Waals surface area contributed by atoms with Crippen molar-refractivity contribution < 1.29 is 23.8 Å². The summed E-state index contributed by atoms with van der Waals surface area (Å²) in [6.07, 6.45) is 4.30. The number of rotatable bonds is 9. The summed E-state index contributed by atoms with van der Waals surface area (Å²) in [5.41, 5.74) is 3.04. The number of nitrogens with zero attached hydrogens (tertiary/aromatic N) is 2. The van der Waals surface area contributed by atoms with Crippen molar-refractivity contribution in [1.82, 2.24) is 20.1 Å². The monoisotopic (exact) mass is 560 g/mol. The lowest BCUT2D eigenvalue weighted by Gasteiger charge is -2.37. The molecule has 2 saturated heterocycles. The van der Waals surface area contributed by atoms with Crippen LogP contribution in [-0.2, 0) is 6.61 Å². The molecule has 2 aromatic carbocycles. The summed E-state index contributed by atoms with van der Waals surface area (Å²) in [5, 5.41) is 15.0. The number of carbonyl (C=O) groups is 1. The highest BCUT2D eigenvalue weighted by atomic mass is 16.5. The Morgan fingerprint density at radius 3 is 2.61 bits per heavy atom. The van der Waals surface area contributed by atoms with Crippen LogP contribution in [0.1, 0.15) is 42.2 Å². The van der Waals surface area contributed by atoms with Gasteiger partial charge in [-0.05, 0) is 49.4 Å². The largest absolute Gasteiger partial charge is 0.493 e. The number of aliphatic hydroxyl groups is 1. The first-order valence-corrected chi connectivity index (χ1v) is 14.7. The van der Waals surface area contributed by atoms with Crippen molar-refractivity contribution in [2.75, 3.05) is 46.4 Å². The molecule has 0 spiro atoms. The van der Waals surface area contributed by atoms with Crippen LogP contribution < -0.4 is 14.8 Å². The van der Waals surface area contributed by atoms with Crippen LogP contribution in [0, 0.1) is 5.92 Å². The maximum atomic E-state index is 13.2. The predicted molar refractivity (Wildman–Crippen MR) is 159 cm³/mol. The SMILES string of the molecule is COc1cccc2c(COc3cccc4[nH]c(C(=O)NC5CCN(CCN6CC[C@H](O)[C@@H](C)C6)CC5)cc34)coc12. The van der Waals surface area contributed by atoms with Crippen LogP contribution in [0.3, 0.4) is 0 Å². The lowest BCUT2D eigenvalue weighted by molar-refractivity contribution is 0.0301. The normalized spacial score (nSPS) is 21.0. The molecule has 2 fully saturated rings. The molecule has 0 aliphatic carbocycles. The fourth-order valence-electron chi connectivity index (χ4n) is 6.16. The third-order valence-electron chi connectivity index (χ3n) is 8.72. The number of H-pyrrole nitrogens is 1. The van der Waals surface area contributed by atoms with Gasteiger partial charge in [-0.25, -0.2) is 0 Å². The van der Waals surface area contributed by atoms with Crippen LogP contribution in [0.5, 0.6) is 11.5 Å². The van der Waals surface area contributed by atoms with Crippen molar-refractivity contribution in [3.8, 4) is 11.5 Å². The van der Waals surface area contributed by atoms with E-state index in [-0.39, 0.29) is 18.1 Å². The molecule has 2 aliphatic heterocycles. The number of likely N-dealkylation sites (tertiary alicyclic amines) is 2. The molecule has 6 rings (SSSR count). The average molecular weight is 561 g/mol. The van der Waals surface area contributed by atoms with Crippen LogP contribution in [0.15, 0.2) is 53.1 Å². The molecule has 2 aromatic heterocycles. The molecule has 2 atom stereocenters. The van der Waals surface area contributed by atoms with Crippen molar-refractivity contribution in [3.05, 3.63) is 60.0 Å². The van der Waals surface area contributed by atoms with Crippen LogP contribution in [-0.4, -0.2) is 84.3 Å². The molecule has 0 bridgehead atoms. The van der Waals surface area contributed by atoms with Gasteiger partial charge in [0, 0.05) is 67.2 Å². The third kappa shape index (κ3) is 6.07. The van der Waals surface area contributed by atoms with Crippen molar-refractivity contribution in [1.29, 1.82) is 0 Å². The minimum atomic E-state index is -0.157. The Kier molecular flexibility index (Phi) is 8.18. The smallest absolute Gasteiger partial charge is 0.267 e. The zero-order chi connectivity index (χ0) is 28.3. The van der Waals surface area contributed by atoms with Gasteiger partial charge in [-0.1, -0.05) is 25.1 Å². The Morgan fingerprint density at radius 2 is 1.80 bits per heavy atom. The van der Waals surface area contributed by atoms with Gasteiger partial charge in [0.1, 0.15) is 18.1 Å². The fourth-order valence-corrected chi connectivity index (χ4v) is 6.16. The molecule has 4 aromatic rings. The fraction of sp³-hybridized carbons (Fsp3) is 0.469. The van der Waals surface area contributed by atoms with Crippen molar-refractivity contribution >= 4 is 27.8 Å². The van der Waals surface area contributed by atoms with E-state index in [0.717, 1.165) is 80.4 Å². The summed E-state index contributed by atoms with van der Waals surface area (Å²) in [4.78, 5) is 21.4. The van der Waals surface area contributed by atoms with Gasteiger partial charge in [0.15, 0.2) is 11.3 Å². The molecule has 9 heteroatoms. The number of nitrogens with one attached hydrogen (secondary N) is 2. The molecule has 2 aliphatic rings. The maximum Gasteiger partial charge on any atom is 0.267 e. The number of piperidine rings is 2. The molecule has 0 saturated carbocycles. The van der Waals surface area contributed by atoms with Crippen LogP contribution in [0.2, 0.25) is 0 Å². The number of aromatic amines is 1. The zero-order valence-corrected chi connectivity index (χ0v) is 23.9. The molecule has 41 heavy (non-hydrogen) atoms. The third-order valence-corrected chi connectivity index (χ3v) is 8.72. The van der Waals surface area contributed by atoms with E-state index < -0.39 is 0 Å². The standard InChI is InChI=1S/C32H40N4O5/c1-21-18-36(14-11-28(21)37)16-15-35-12-9-23(10-13-35)33-32(38)27-17-25-26(34-27)6-4-7-29(25)40-19-22-20-41-31-24(22)5-3-8-30(31)39-2/h3-8,17,20-21,23,28,34,37H,9-16,18-19H2,1-2H3,(H,33,38)/t21-,28-/m0/s1. The zero-order valence-electron chi connectivity index (χ0n) is 23.9. The van der Waals surface area contributed by atoms with E-state index in [2.05, 4.69) is 27.0 Å². The number of benzene rings is 2. The second-order valence-electron chi connectivity index (χ2n) is 11.5. The molecular weight excluding hydrogens is 520 g/mol. The number of methoxy groups -OCH3 is 1. The highest BCUT2D eigenvalue weighted by Crippen LogP contribution is 2.32. The Balaban J connectivity index is 1.02. The molecule has 3 N–H and O–H groups in total. The first-order chi connectivity index (χ1) is 20.0. The van der Waals surface area contributed by atoms with Gasteiger partial charge < -0.3 is 39.1 Å². The van der Waals surface area contributed by atoms with Crippen molar-refractivity contribution in [2.45, 2.75) is 44.9 Å². The van der Waals surface area contributed by atoms with Gasteiger partial charge in [-0.15, -0.1) is 0 Å². The molecule has 9 nitrogen and oxygen atoms in total. The van der Waals surface area contributed by atoms with Gasteiger partial charge >= 0.3 is 0 Å². The van der Waals surface area contributed by atoms with E-state index in [1.54, 1.807) is 13.4 Å². The van der Waals surface area contributed by atoms with Crippen molar-refractivity contribution in [2.24, 2.45) is 5.92 Å². The Hall–Kier alpha value is -3.53. The number of para-hydroxylation sites is 1. The van der Waals surface area contributed by atoms with Gasteiger partial charge in [0.25, 0.3) is 5.91 Å². The van der Waals surface area contributed by atoms with E-state index in [9.17, 15) is 9.90 Å². The summed E-state index contributed by atoms with van der Waals surface area (Å²) >= 11 is 0. The topological polar surface area (TPSA) is 103 Å². The van der Waals surface area contributed by atoms with Gasteiger partial charge in [0.05, 0.1) is 19.5 Å². The number of hydrogen-bond donors (Lipinski definition) is 3. The van der Waals surface area contributed by atoms with E-state index >= 15 is 0 Å². The summed E-state index contributed by atoms with van der Waals surface area (Å²) < 4.78 is 17.3. The summed E-state index contributed by atoms with van der Waals surface area (Å²) in [7, 11) is 1.63. The molecule has 0 radical (unpaired) electrons. The van der Waals surface area contributed by atoms with Gasteiger partial charge in [0.2, 0.25) is 0 Å². The first-order valence-electron chi connectivity index (χ1n) is 14.7. The molecule has 4 heterocycles. The quantitative estimate of drug-likeness (QED) is 0.279. The number of amides is 1. The average Bonchev–Trinajstić information content (AvgIpc) is 3.62. The lowest BCUT2D eigenvalue weighted by Crippen LogP contribution is -2.48. The minimum Gasteiger partial charge on any atom is -0.493 e. The Morgan fingerprint density at radius 1 is 1.05 bits per heavy atom. The van der Waals surface area contributed by atoms with Crippen LogP contribution in [0.25, 0.3) is 21.9 Å². The van der Waals surface area contributed by atoms with E-state index in [1.807, 2.05) is 42.5 Å². The Labute approximate surface area is 240 Å². The molecular formula is C32H40N4O5. The van der Waals surface area contributed by atoms with Gasteiger partial charge in [-0.3, -0.25) is 4.79 Å². The highest BCUT2D eigenvalue weighted by Gasteiger charge is 2.26. The van der Waals surface area contributed by atoms with Crippen LogP contribution >= 0.6 is 0 Å². The number of furan rings is 1. The predicted octanol–water partition coefficient (Wildman–Crippen LogP) is 4.40. The first kappa shape index (κ1) is 27.6. The number of fused-ring (bicyclic) bond motifs is 2. The number of aliphatic hydroxyl groups excluding tert-OH is 1. The number of carbonyl (C=O) groups excluding carboxylic acids is 1. The number of hydrogen-bond acceptors (Lipinski definition) is 7. The summed E-state index contributed by atoms with van der Waals surface area (Å²) in [6, 6.07) is 13.6. The van der Waals surface area contributed by atoms with E-state index in [0.29, 0.717) is 35.3 Å². The molecule has 218 valence electrons. The van der Waals surface area contributed by atoms with Crippen molar-refractivity contribution in [3.63, 3.8) is 0 Å². The minimum absolute atomic E-state index is 0.0839. The Bertz CT molecular complexity index is 1490. The summed E-state index contributed by atoms with van der Waals surface area (Å²) in [5.74, 6) is 1.66. The van der Waals surface area contributed by atoms with E-state index in [1.165, 1.54) is 0 Å². The van der Waals surface area contributed by atoms with E-state index in [4.69, 9.17) is 13.9 Å². The number of aromatic nitrogens is 1. The molecule has 1 amide bonds.